The van der Waals surface area contributed by atoms with Gasteiger partial charge in [-0.05, 0) is 43.9 Å². The van der Waals surface area contributed by atoms with Crippen molar-refractivity contribution < 1.29 is 14.3 Å². The van der Waals surface area contributed by atoms with Gasteiger partial charge in [0.25, 0.3) is 0 Å². The maximum absolute atomic E-state index is 12.0. The van der Waals surface area contributed by atoms with Gasteiger partial charge in [0.2, 0.25) is 0 Å². The Morgan fingerprint density at radius 1 is 1.29 bits per heavy atom. The molecule has 2 rings (SSSR count). The largest absolute Gasteiger partial charge is 0.496 e. The molecule has 0 aliphatic carbocycles. The summed E-state index contributed by atoms with van der Waals surface area (Å²) in [6, 6.07) is 5.45. The number of aryl methyl sites for hydroxylation is 1. The first kappa shape index (κ1) is 15.3. The lowest BCUT2D eigenvalue weighted by Gasteiger charge is -2.09. The summed E-state index contributed by atoms with van der Waals surface area (Å²) >= 11 is 0. The highest BCUT2D eigenvalue weighted by molar-refractivity contribution is 5.80. The first-order valence-electron chi connectivity index (χ1n) is 6.94. The molecule has 21 heavy (non-hydrogen) atoms. The van der Waals surface area contributed by atoms with Crippen LogP contribution in [0.2, 0.25) is 0 Å². The maximum Gasteiger partial charge on any atom is 0.339 e. The highest BCUT2D eigenvalue weighted by atomic mass is 16.5. The highest BCUT2D eigenvalue weighted by Crippen LogP contribution is 2.26. The van der Waals surface area contributed by atoms with Crippen molar-refractivity contribution in [3.05, 3.63) is 51.9 Å². The van der Waals surface area contributed by atoms with E-state index in [-0.39, 0.29) is 12.2 Å². The van der Waals surface area contributed by atoms with Crippen molar-refractivity contribution in [1.29, 1.82) is 0 Å². The van der Waals surface area contributed by atoms with Gasteiger partial charge >= 0.3 is 5.63 Å². The number of allylic oxidation sites excluding steroid dienone is 1. The second-order valence-electron chi connectivity index (χ2n) is 5.19. The van der Waals surface area contributed by atoms with Gasteiger partial charge in [0.1, 0.15) is 11.3 Å². The number of methoxy groups -OCH3 is 1. The standard InChI is InChI=1S/C17H20O4/c1-11(2)4-5-13-9-14-8-12(6-7-18)15(20-3)10-16(14)21-17(13)19/h8-10,18H,1,4-7H2,2-3H3. The lowest BCUT2D eigenvalue weighted by atomic mass is 10.0. The average Bonchev–Trinajstić information content (AvgIpc) is 2.45. The van der Waals surface area contributed by atoms with E-state index in [0.29, 0.717) is 29.7 Å². The minimum atomic E-state index is -0.319. The summed E-state index contributed by atoms with van der Waals surface area (Å²) in [6.45, 7) is 5.83. The monoisotopic (exact) mass is 288 g/mol. The molecule has 0 fully saturated rings. The van der Waals surface area contributed by atoms with Gasteiger partial charge in [-0.25, -0.2) is 4.79 Å². The third-order valence-electron chi connectivity index (χ3n) is 3.41. The molecule has 4 nitrogen and oxygen atoms in total. The van der Waals surface area contributed by atoms with E-state index in [9.17, 15) is 4.79 Å². The first-order valence-corrected chi connectivity index (χ1v) is 6.94. The fourth-order valence-corrected chi connectivity index (χ4v) is 2.27. The van der Waals surface area contributed by atoms with E-state index in [4.69, 9.17) is 14.3 Å². The van der Waals surface area contributed by atoms with Gasteiger partial charge in [-0.15, -0.1) is 6.58 Å². The Labute approximate surface area is 123 Å². The summed E-state index contributed by atoms with van der Waals surface area (Å²) in [7, 11) is 1.56. The predicted molar refractivity (Wildman–Crippen MR) is 83.0 cm³/mol. The van der Waals surface area contributed by atoms with Gasteiger partial charge in [-0.2, -0.15) is 0 Å². The third-order valence-corrected chi connectivity index (χ3v) is 3.41. The number of aliphatic hydroxyl groups excluding tert-OH is 1. The Balaban J connectivity index is 2.49. The Bertz CT molecular complexity index is 713. The molecule has 1 aromatic heterocycles. The zero-order valence-electron chi connectivity index (χ0n) is 12.4. The fourth-order valence-electron chi connectivity index (χ4n) is 2.27. The summed E-state index contributed by atoms with van der Waals surface area (Å²) < 4.78 is 10.6. The van der Waals surface area contributed by atoms with Crippen LogP contribution in [-0.4, -0.2) is 18.8 Å². The zero-order chi connectivity index (χ0) is 15.4. The number of rotatable bonds is 6. The number of benzene rings is 1. The third kappa shape index (κ3) is 3.52. The van der Waals surface area contributed by atoms with Crippen LogP contribution >= 0.6 is 0 Å². The highest BCUT2D eigenvalue weighted by Gasteiger charge is 2.10. The molecule has 1 heterocycles. The van der Waals surface area contributed by atoms with Crippen LogP contribution in [0.1, 0.15) is 24.5 Å². The number of hydrogen-bond donors (Lipinski definition) is 1. The Hall–Kier alpha value is -2.07. The summed E-state index contributed by atoms with van der Waals surface area (Å²) in [5, 5.41) is 9.96. The van der Waals surface area contributed by atoms with E-state index in [0.717, 1.165) is 22.9 Å². The predicted octanol–water partition coefficient (Wildman–Crippen LogP) is 2.85. The Kier molecular flexibility index (Phi) is 4.81. The molecule has 112 valence electrons. The van der Waals surface area contributed by atoms with Crippen LogP contribution in [0.25, 0.3) is 11.0 Å². The molecule has 0 aliphatic heterocycles. The van der Waals surface area contributed by atoms with Gasteiger partial charge in [0.15, 0.2) is 0 Å². The molecule has 1 N–H and O–H groups in total. The number of ether oxygens (including phenoxy) is 1. The second-order valence-corrected chi connectivity index (χ2v) is 5.19. The van der Waals surface area contributed by atoms with E-state index < -0.39 is 0 Å². The summed E-state index contributed by atoms with van der Waals surface area (Å²) in [5.74, 6) is 0.620. The van der Waals surface area contributed by atoms with E-state index in [1.165, 1.54) is 0 Å². The van der Waals surface area contributed by atoms with E-state index in [2.05, 4.69) is 6.58 Å². The van der Waals surface area contributed by atoms with E-state index in [1.807, 2.05) is 19.1 Å². The summed E-state index contributed by atoms with van der Waals surface area (Å²) in [4.78, 5) is 12.0. The fraction of sp³-hybridized carbons (Fsp3) is 0.353. The van der Waals surface area contributed by atoms with Crippen LogP contribution < -0.4 is 10.4 Å². The summed E-state index contributed by atoms with van der Waals surface area (Å²) in [5.41, 5.74) is 2.75. The second kappa shape index (κ2) is 6.59. The van der Waals surface area contributed by atoms with Crippen LogP contribution in [0.4, 0.5) is 0 Å². The molecule has 0 bridgehead atoms. The molecular weight excluding hydrogens is 268 g/mol. The Morgan fingerprint density at radius 2 is 2.00 bits per heavy atom. The van der Waals surface area contributed by atoms with Crippen molar-refractivity contribution in [1.82, 2.24) is 0 Å². The molecule has 4 heteroatoms. The van der Waals surface area contributed by atoms with Crippen molar-refractivity contribution in [2.45, 2.75) is 26.2 Å². The van der Waals surface area contributed by atoms with E-state index >= 15 is 0 Å². The van der Waals surface area contributed by atoms with Crippen molar-refractivity contribution in [2.75, 3.05) is 13.7 Å². The molecule has 0 spiro atoms. The van der Waals surface area contributed by atoms with Crippen LogP contribution in [0.5, 0.6) is 5.75 Å². The topological polar surface area (TPSA) is 59.7 Å². The first-order chi connectivity index (χ1) is 10.0. The van der Waals surface area contributed by atoms with Crippen molar-refractivity contribution in [3.8, 4) is 5.75 Å². The minimum absolute atomic E-state index is 0.0428. The Morgan fingerprint density at radius 3 is 2.62 bits per heavy atom. The SMILES string of the molecule is C=C(C)CCc1cc2cc(CCO)c(OC)cc2oc1=O. The van der Waals surface area contributed by atoms with E-state index in [1.54, 1.807) is 13.2 Å². The van der Waals surface area contributed by atoms with Crippen molar-refractivity contribution >= 4 is 11.0 Å². The molecule has 0 atom stereocenters. The quantitative estimate of drug-likeness (QED) is 0.656. The molecular formula is C17H20O4. The van der Waals surface area contributed by atoms with Gasteiger partial charge < -0.3 is 14.3 Å². The molecule has 0 radical (unpaired) electrons. The van der Waals surface area contributed by atoms with Crippen molar-refractivity contribution in [2.24, 2.45) is 0 Å². The van der Waals surface area contributed by atoms with Crippen LogP contribution in [-0.2, 0) is 12.8 Å². The molecule has 0 unspecified atom stereocenters. The summed E-state index contributed by atoms with van der Waals surface area (Å²) in [6.07, 6.45) is 1.88. The van der Waals surface area contributed by atoms with Crippen LogP contribution in [0.15, 0.2) is 39.6 Å². The smallest absolute Gasteiger partial charge is 0.339 e. The maximum atomic E-state index is 12.0. The van der Waals surface area contributed by atoms with Crippen LogP contribution in [0, 0.1) is 0 Å². The molecule has 1 aromatic carbocycles. The molecule has 0 saturated carbocycles. The lowest BCUT2D eigenvalue weighted by molar-refractivity contribution is 0.297. The van der Waals surface area contributed by atoms with Gasteiger partial charge in [0, 0.05) is 23.6 Å². The molecule has 0 saturated heterocycles. The number of fused-ring (bicyclic) bond motifs is 1. The molecule has 0 amide bonds. The molecule has 0 aliphatic rings. The van der Waals surface area contributed by atoms with Gasteiger partial charge in [0.05, 0.1) is 7.11 Å². The van der Waals surface area contributed by atoms with Gasteiger partial charge in [-0.3, -0.25) is 0 Å². The normalized spacial score (nSPS) is 10.8. The average molecular weight is 288 g/mol. The lowest BCUT2D eigenvalue weighted by Crippen LogP contribution is -2.07. The van der Waals surface area contributed by atoms with Gasteiger partial charge in [-0.1, -0.05) is 5.57 Å². The number of hydrogen-bond acceptors (Lipinski definition) is 4. The number of aliphatic hydroxyl groups is 1. The zero-order valence-corrected chi connectivity index (χ0v) is 12.4. The molecule has 2 aromatic rings. The van der Waals surface area contributed by atoms with Crippen LogP contribution in [0.3, 0.4) is 0 Å². The minimum Gasteiger partial charge on any atom is -0.496 e. The van der Waals surface area contributed by atoms with Crippen molar-refractivity contribution in [3.63, 3.8) is 0 Å².